The molecule has 1 atom stereocenters. The maximum Gasteiger partial charge on any atom is 0.305 e. The Labute approximate surface area is 357 Å². The van der Waals surface area contributed by atoms with Crippen LogP contribution in [0.15, 0.2) is 82.3 Å². The van der Waals surface area contributed by atoms with Crippen LogP contribution in [-0.2, 0) is 49.4 Å². The second kappa shape index (κ2) is 22.5. The molecule has 2 heterocycles. The predicted molar refractivity (Wildman–Crippen MR) is 229 cm³/mol. The minimum absolute atomic E-state index is 0.0617. The molecule has 0 bridgehead atoms. The number of unbranched alkanes of at least 4 members (excludes halogenated alkanes) is 6. The number of anilines is 1. The van der Waals surface area contributed by atoms with Crippen LogP contribution in [0.5, 0.6) is 0 Å². The van der Waals surface area contributed by atoms with Gasteiger partial charge in [0.05, 0.1) is 29.0 Å². The van der Waals surface area contributed by atoms with Crippen molar-refractivity contribution in [3.05, 3.63) is 83.6 Å². The summed E-state index contributed by atoms with van der Waals surface area (Å²) in [7, 11) is -4.49. The van der Waals surface area contributed by atoms with E-state index in [1.165, 1.54) is 6.07 Å². The first-order chi connectivity index (χ1) is 28.5. The van der Waals surface area contributed by atoms with Gasteiger partial charge < -0.3 is 19.8 Å². The number of hydrogen-bond donors (Lipinski definition) is 4. The van der Waals surface area contributed by atoms with Gasteiger partial charge in [-0.05, 0) is 108 Å². The fourth-order valence-electron chi connectivity index (χ4n) is 8.16. The number of carboxylic acids is 2. The average Bonchev–Trinajstić information content (AvgIpc) is 3.54. The zero-order chi connectivity index (χ0) is 43.9. The molecule has 2 aromatic rings. The smallest absolute Gasteiger partial charge is 0.305 e. The highest BCUT2D eigenvalue weighted by atomic mass is 32.2. The summed E-state index contributed by atoms with van der Waals surface area (Å²) < 4.78 is 46.8. The number of hydrogen-bond acceptors (Lipinski definition) is 11. The summed E-state index contributed by atoms with van der Waals surface area (Å²) >= 11 is 0.889. The minimum atomic E-state index is -4.49. The van der Waals surface area contributed by atoms with E-state index in [-0.39, 0.29) is 23.7 Å². The predicted octanol–water partition coefficient (Wildman–Crippen LogP) is 9.32. The molecule has 14 nitrogen and oxygen atoms in total. The van der Waals surface area contributed by atoms with E-state index < -0.39 is 32.9 Å². The molecule has 2 aliphatic rings. The molecule has 0 saturated heterocycles. The third-order valence-electron chi connectivity index (χ3n) is 11.2. The Morgan fingerprint density at radius 2 is 1.52 bits per heavy atom. The first-order valence-electron chi connectivity index (χ1n) is 20.5. The van der Waals surface area contributed by atoms with Gasteiger partial charge in [-0.3, -0.25) is 18.9 Å². The number of carboxylic acid groups (broad SMARTS) is 2. The fraction of sp³-hybridized carbons (Fsp3) is 0.500. The molecule has 2 aromatic carbocycles. The molecule has 0 spiro atoms. The van der Waals surface area contributed by atoms with Gasteiger partial charge in [-0.2, -0.15) is 13.0 Å². The molecule has 1 unspecified atom stereocenters. The number of rotatable bonds is 26. The Balaban J connectivity index is 1.69. The lowest BCUT2D eigenvalue weighted by molar-refractivity contribution is -0.438. The van der Waals surface area contributed by atoms with Crippen molar-refractivity contribution in [3.63, 3.8) is 0 Å². The molecule has 16 heteroatoms. The van der Waals surface area contributed by atoms with Gasteiger partial charge in [0.15, 0.2) is 5.71 Å². The molecule has 4 rings (SSSR count). The van der Waals surface area contributed by atoms with Gasteiger partial charge in [0.2, 0.25) is 5.69 Å². The largest absolute Gasteiger partial charge is 0.481 e. The van der Waals surface area contributed by atoms with Crippen LogP contribution in [0.2, 0.25) is 0 Å². The number of nitrogens with zero attached hydrogens (tertiary/aromatic N) is 2. The number of carbonyl (C=O) groups is 3. The van der Waals surface area contributed by atoms with E-state index in [9.17, 15) is 32.5 Å². The second-order valence-electron chi connectivity index (χ2n) is 15.8. The Bertz CT molecular complexity index is 2080. The summed E-state index contributed by atoms with van der Waals surface area (Å²) in [6.07, 6.45) is 17.2. The van der Waals surface area contributed by atoms with E-state index >= 15 is 0 Å². The van der Waals surface area contributed by atoms with Gasteiger partial charge in [0, 0.05) is 71.6 Å². The van der Waals surface area contributed by atoms with Crippen LogP contribution in [0.4, 0.5) is 11.4 Å². The monoisotopic (exact) mass is 871 g/mol. The van der Waals surface area contributed by atoms with E-state index in [0.717, 1.165) is 76.5 Å². The Morgan fingerprint density at radius 1 is 0.833 bits per heavy atom. The summed E-state index contributed by atoms with van der Waals surface area (Å²) in [6, 6.07) is 10.5. The Hall–Kier alpha value is -4.32. The van der Waals surface area contributed by atoms with Gasteiger partial charge in [0.1, 0.15) is 6.54 Å². The molecule has 4 N–H and O–H groups in total. The molecule has 0 saturated carbocycles. The van der Waals surface area contributed by atoms with E-state index in [4.69, 9.17) is 19.4 Å². The Morgan fingerprint density at radius 3 is 2.18 bits per heavy atom. The number of benzene rings is 2. The van der Waals surface area contributed by atoms with Crippen molar-refractivity contribution in [2.45, 2.75) is 132 Å². The van der Waals surface area contributed by atoms with Crippen LogP contribution in [-0.4, -0.2) is 76.3 Å². The molecule has 0 fully saturated rings. The highest BCUT2D eigenvalue weighted by Crippen LogP contribution is 2.51. The van der Waals surface area contributed by atoms with Crippen LogP contribution < -0.4 is 4.90 Å². The quantitative estimate of drug-likeness (QED) is 0.0102. The first kappa shape index (κ1) is 48.3. The fourth-order valence-corrected chi connectivity index (χ4v) is 9.06. The zero-order valence-electron chi connectivity index (χ0n) is 34.9. The molecule has 0 radical (unpaired) electrons. The number of fused-ring (bicyclic) bond motifs is 2. The topological polar surface area (TPSA) is 200 Å². The lowest BCUT2D eigenvalue weighted by Gasteiger charge is -2.30. The molecule has 0 aromatic heterocycles. The van der Waals surface area contributed by atoms with Crippen LogP contribution >= 0.6 is 12.0 Å². The lowest BCUT2D eigenvalue weighted by Crippen LogP contribution is -2.29. The summed E-state index contributed by atoms with van der Waals surface area (Å²) in [4.78, 5) is 37.0. The van der Waals surface area contributed by atoms with Crippen molar-refractivity contribution in [1.82, 2.24) is 0 Å². The van der Waals surface area contributed by atoms with E-state index in [1.807, 2.05) is 42.5 Å². The number of allylic oxidation sites excluding steroid dienone is 6. The van der Waals surface area contributed by atoms with Crippen molar-refractivity contribution in [2.75, 3.05) is 24.6 Å². The van der Waals surface area contributed by atoms with Crippen LogP contribution in [0, 0.1) is 0 Å². The van der Waals surface area contributed by atoms with Gasteiger partial charge in [0.25, 0.3) is 10.1 Å². The molecule has 60 heavy (non-hydrogen) atoms. The van der Waals surface area contributed by atoms with Crippen molar-refractivity contribution >= 4 is 57.2 Å². The molecular weight excluding hydrogens is 813 g/mol. The molecule has 2 aliphatic heterocycles. The maximum atomic E-state index is 12.3. The molecular formula is C44H59N2O12S2+. The van der Waals surface area contributed by atoms with E-state index in [0.29, 0.717) is 64.6 Å². The highest BCUT2D eigenvalue weighted by Gasteiger charge is 2.45. The van der Waals surface area contributed by atoms with E-state index in [1.54, 1.807) is 19.1 Å². The zero-order valence-corrected chi connectivity index (χ0v) is 36.6. The van der Waals surface area contributed by atoms with E-state index in [2.05, 4.69) is 41.4 Å². The summed E-state index contributed by atoms with van der Waals surface area (Å²) in [6.45, 7) is 9.68. The van der Waals surface area contributed by atoms with Gasteiger partial charge in [-0.1, -0.05) is 42.5 Å². The number of aliphatic carboxylic acids is 2. The van der Waals surface area contributed by atoms with Crippen molar-refractivity contribution in [3.8, 4) is 0 Å². The van der Waals surface area contributed by atoms with Crippen LogP contribution in [0.3, 0.4) is 0 Å². The van der Waals surface area contributed by atoms with Crippen molar-refractivity contribution < 1.29 is 61.5 Å². The van der Waals surface area contributed by atoms with Crippen molar-refractivity contribution in [1.29, 1.82) is 0 Å². The third kappa shape index (κ3) is 12.8. The van der Waals surface area contributed by atoms with Crippen molar-refractivity contribution in [2.24, 2.45) is 0 Å². The molecule has 0 amide bonds. The van der Waals surface area contributed by atoms with Gasteiger partial charge >= 0.3 is 17.9 Å². The van der Waals surface area contributed by atoms with Gasteiger partial charge in [-0.15, -0.1) is 4.33 Å². The summed E-state index contributed by atoms with van der Waals surface area (Å²) in [5.74, 6) is -1.90. The highest BCUT2D eigenvalue weighted by molar-refractivity contribution is 7.94. The standard InChI is InChI=1S/C44H58N2O12S2/c1-5-56-42(51)22-14-9-17-29-46-37-26-24-33(60(53,54)55)31-35(37)44(4,27-15-7-12-20-40(47)48)39(46)19-11-6-10-18-38-43(2,3)34-30-32(59-58-57-52)23-25-36(34)45(38)28-16-8-13-21-41(49)50/h6,10-11,18-19,23-26,30-31H,5,7-9,12-17,20-22,27-29H2,1-4H3,(H3-,47,48,49,50,52,53,54,55)/p+1. The van der Waals surface area contributed by atoms with Gasteiger partial charge in [-0.25, -0.2) is 5.26 Å². The Kier molecular flexibility index (Phi) is 18.1. The minimum Gasteiger partial charge on any atom is -0.481 e. The number of esters is 1. The first-order valence-corrected chi connectivity index (χ1v) is 22.7. The lowest BCUT2D eigenvalue weighted by atomic mass is 9.77. The number of ether oxygens (including phenoxy) is 1. The summed E-state index contributed by atoms with van der Waals surface area (Å²) in [5, 5.41) is 30.8. The number of carbonyl (C=O) groups excluding carboxylic acids is 1. The van der Waals surface area contributed by atoms with Crippen LogP contribution in [0.25, 0.3) is 0 Å². The maximum absolute atomic E-state index is 12.3. The summed E-state index contributed by atoms with van der Waals surface area (Å²) in [5.41, 5.74) is 4.50. The molecule has 0 aliphatic carbocycles. The molecule has 328 valence electrons. The normalized spacial score (nSPS) is 17.9. The SMILES string of the molecule is CCOC(=O)CCCCCN1\C(=C/C=C/C=C/C2=[N+](CCCCCC(=O)O)c3ccc(SOOO)cc3C2(C)C)C(C)(CCCCCC(=O)O)c2cc(S(=O)(=O)O)ccc21. The second-order valence-corrected chi connectivity index (χ2v) is 18.0. The third-order valence-corrected chi connectivity index (χ3v) is 12.6. The average molecular weight is 872 g/mol. The van der Waals surface area contributed by atoms with Crippen LogP contribution in [0.1, 0.15) is 122 Å².